The van der Waals surface area contributed by atoms with Gasteiger partial charge in [0.05, 0.1) is 36.8 Å². The fourth-order valence-corrected chi connectivity index (χ4v) is 5.10. The van der Waals surface area contributed by atoms with Crippen molar-refractivity contribution in [3.05, 3.63) is 35.5 Å². The van der Waals surface area contributed by atoms with Gasteiger partial charge in [-0.3, -0.25) is 24.1 Å². The van der Waals surface area contributed by atoms with Crippen LogP contribution < -0.4 is 25.8 Å². The lowest BCUT2D eigenvalue weighted by atomic mass is 9.97. The molecule has 0 bridgehead atoms. The molecule has 0 fully saturated rings. The molecule has 0 radical (unpaired) electrons. The Labute approximate surface area is 232 Å². The van der Waals surface area contributed by atoms with Crippen molar-refractivity contribution in [2.24, 2.45) is 16.1 Å². The van der Waals surface area contributed by atoms with Gasteiger partial charge in [-0.15, -0.1) is 0 Å². The highest BCUT2D eigenvalue weighted by molar-refractivity contribution is 6.10. The van der Waals surface area contributed by atoms with Crippen LogP contribution in [-0.2, 0) is 30.3 Å². The van der Waals surface area contributed by atoms with Gasteiger partial charge in [-0.1, -0.05) is 32.4 Å². The van der Waals surface area contributed by atoms with Crippen LogP contribution in [-0.4, -0.2) is 88.3 Å². The molecule has 3 aliphatic rings. The minimum atomic E-state index is -0.983. The SMILES string of the molecule is CC[C@H](C)[C@H](NC(=O)COCCF)C(=O)N[C@H]1CN(C)c2cccc3c2N(C1=O)[C@H](C(=O)NCC1=CCN=N1)C3. The zero-order valence-corrected chi connectivity index (χ0v) is 23.0. The molecule has 0 saturated carbocycles. The summed E-state index contributed by atoms with van der Waals surface area (Å²) < 4.78 is 17.3. The topological polar surface area (TPSA) is 145 Å². The maximum atomic E-state index is 14.0. The first kappa shape index (κ1) is 29.1. The normalized spacial score (nSPS) is 20.9. The third-order valence-electron chi connectivity index (χ3n) is 7.40. The Morgan fingerprint density at radius 3 is 2.77 bits per heavy atom. The van der Waals surface area contributed by atoms with Crippen molar-refractivity contribution in [1.29, 1.82) is 0 Å². The van der Waals surface area contributed by atoms with E-state index in [0.29, 0.717) is 30.8 Å². The van der Waals surface area contributed by atoms with Crippen LogP contribution in [0.3, 0.4) is 0 Å². The van der Waals surface area contributed by atoms with Gasteiger partial charge in [0.15, 0.2) is 0 Å². The second-order valence-electron chi connectivity index (χ2n) is 10.2. The number of likely N-dealkylation sites (N-methyl/N-ethyl adjacent to an activating group) is 1. The van der Waals surface area contributed by atoms with Gasteiger partial charge in [0, 0.05) is 20.0 Å². The molecule has 4 atom stereocenters. The van der Waals surface area contributed by atoms with Gasteiger partial charge in [-0.05, 0) is 23.6 Å². The van der Waals surface area contributed by atoms with E-state index in [1.54, 1.807) is 0 Å². The highest BCUT2D eigenvalue weighted by atomic mass is 19.1. The van der Waals surface area contributed by atoms with Gasteiger partial charge in [0.1, 0.15) is 31.4 Å². The van der Waals surface area contributed by atoms with Crippen molar-refractivity contribution in [3.8, 4) is 0 Å². The molecule has 4 rings (SSSR count). The number of nitrogens with one attached hydrogen (secondary N) is 3. The van der Waals surface area contributed by atoms with Crippen LogP contribution in [0, 0.1) is 5.92 Å². The molecular formula is C27H36FN7O5. The molecule has 0 aromatic heterocycles. The number of alkyl halides is 1. The summed E-state index contributed by atoms with van der Waals surface area (Å²) in [5, 5.41) is 16.2. The van der Waals surface area contributed by atoms with E-state index in [9.17, 15) is 23.6 Å². The Balaban J connectivity index is 1.54. The van der Waals surface area contributed by atoms with E-state index in [-0.39, 0.29) is 38.1 Å². The minimum absolute atomic E-state index is 0.167. The molecule has 3 N–H and O–H groups in total. The molecule has 12 nitrogen and oxygen atoms in total. The summed E-state index contributed by atoms with van der Waals surface area (Å²) in [6, 6.07) is 2.95. The number of anilines is 2. The van der Waals surface area contributed by atoms with Crippen molar-refractivity contribution in [1.82, 2.24) is 16.0 Å². The van der Waals surface area contributed by atoms with Crippen LogP contribution in [0.25, 0.3) is 0 Å². The van der Waals surface area contributed by atoms with E-state index in [1.807, 2.05) is 50.1 Å². The fourth-order valence-electron chi connectivity index (χ4n) is 5.10. The number of azo groups is 1. The number of rotatable bonds is 12. The maximum absolute atomic E-state index is 14.0. The number of benzene rings is 1. The van der Waals surface area contributed by atoms with Crippen molar-refractivity contribution < 1.29 is 28.3 Å². The Hall–Kier alpha value is -3.87. The summed E-state index contributed by atoms with van der Waals surface area (Å²) in [6.45, 7) is 3.23. The van der Waals surface area contributed by atoms with E-state index in [0.717, 1.165) is 11.3 Å². The van der Waals surface area contributed by atoms with Crippen LogP contribution in [0.2, 0.25) is 0 Å². The molecule has 216 valence electrons. The third kappa shape index (κ3) is 6.30. The number of hydrogen-bond donors (Lipinski definition) is 3. The number of para-hydroxylation sites is 1. The highest BCUT2D eigenvalue weighted by Crippen LogP contribution is 2.42. The Kier molecular flexibility index (Phi) is 9.46. The number of hydrogen-bond acceptors (Lipinski definition) is 8. The molecule has 0 unspecified atom stereocenters. The van der Waals surface area contributed by atoms with Gasteiger partial charge in [0.2, 0.25) is 17.7 Å². The van der Waals surface area contributed by atoms with Gasteiger partial charge in [-0.25, -0.2) is 4.39 Å². The Morgan fingerprint density at radius 2 is 2.08 bits per heavy atom. The first-order valence-electron chi connectivity index (χ1n) is 13.5. The smallest absolute Gasteiger partial charge is 0.252 e. The molecule has 0 spiro atoms. The van der Waals surface area contributed by atoms with Crippen LogP contribution in [0.4, 0.5) is 15.8 Å². The predicted molar refractivity (Wildman–Crippen MR) is 146 cm³/mol. The van der Waals surface area contributed by atoms with Crippen LogP contribution in [0.1, 0.15) is 25.8 Å². The second kappa shape index (κ2) is 13.0. The third-order valence-corrected chi connectivity index (χ3v) is 7.40. The number of nitrogens with zero attached hydrogens (tertiary/aromatic N) is 4. The lowest BCUT2D eigenvalue weighted by molar-refractivity contribution is -0.134. The van der Waals surface area contributed by atoms with Gasteiger partial charge in [-0.2, -0.15) is 10.2 Å². The Bertz CT molecular complexity index is 1210. The largest absolute Gasteiger partial charge is 0.370 e. The lowest BCUT2D eigenvalue weighted by Gasteiger charge is -2.29. The standard InChI is InChI=1S/C27H36FN7O5/c1-4-16(2)23(32-22(36)15-40-11-9-28)26(38)31-19-14-34(3)20-7-5-6-17-12-21(35(24(17)20)27(19)39)25(37)29-13-18-8-10-30-33-18/h5-8,16,19,21,23H,4,9-15H2,1-3H3,(H,29,37)(H,31,38)(H,32,36)/t16-,19-,21-,23-/m0/s1. The highest BCUT2D eigenvalue weighted by Gasteiger charge is 2.45. The van der Waals surface area contributed by atoms with Crippen LogP contribution in [0.15, 0.2) is 40.2 Å². The quantitative estimate of drug-likeness (QED) is 0.325. The van der Waals surface area contributed by atoms with E-state index in [2.05, 4.69) is 26.2 Å². The zero-order valence-electron chi connectivity index (χ0n) is 23.0. The van der Waals surface area contributed by atoms with E-state index in [1.165, 1.54) is 4.90 Å². The molecular weight excluding hydrogens is 521 g/mol. The lowest BCUT2D eigenvalue weighted by Crippen LogP contribution is -2.60. The molecule has 3 aliphatic heterocycles. The molecule has 1 aromatic carbocycles. The summed E-state index contributed by atoms with van der Waals surface area (Å²) in [6.07, 6.45) is 2.74. The number of carbonyl (C=O) groups excluding carboxylic acids is 4. The summed E-state index contributed by atoms with van der Waals surface area (Å²) >= 11 is 0. The first-order chi connectivity index (χ1) is 19.2. The summed E-state index contributed by atoms with van der Waals surface area (Å²) in [7, 11) is 1.83. The maximum Gasteiger partial charge on any atom is 0.252 e. The molecule has 0 aliphatic carbocycles. The Morgan fingerprint density at radius 1 is 1.27 bits per heavy atom. The van der Waals surface area contributed by atoms with Crippen molar-refractivity contribution in [3.63, 3.8) is 0 Å². The van der Waals surface area contributed by atoms with Crippen LogP contribution >= 0.6 is 0 Å². The number of ether oxygens (including phenoxy) is 1. The van der Waals surface area contributed by atoms with Crippen molar-refractivity contribution in [2.75, 3.05) is 56.4 Å². The molecule has 1 aromatic rings. The molecule has 0 saturated heterocycles. The van der Waals surface area contributed by atoms with Crippen molar-refractivity contribution >= 4 is 35.0 Å². The monoisotopic (exact) mass is 557 g/mol. The van der Waals surface area contributed by atoms with Gasteiger partial charge < -0.3 is 25.6 Å². The summed E-state index contributed by atoms with van der Waals surface area (Å²) in [4.78, 5) is 56.5. The van der Waals surface area contributed by atoms with Gasteiger partial charge in [0.25, 0.3) is 5.91 Å². The first-order valence-corrected chi connectivity index (χ1v) is 13.5. The number of halogens is 1. The number of amides is 4. The molecule has 40 heavy (non-hydrogen) atoms. The predicted octanol–water partition coefficient (Wildman–Crippen LogP) is 0.862. The zero-order chi connectivity index (χ0) is 28.8. The number of carbonyl (C=O) groups is 4. The van der Waals surface area contributed by atoms with Crippen LogP contribution in [0.5, 0.6) is 0 Å². The fraction of sp³-hybridized carbons (Fsp3) is 0.556. The van der Waals surface area contributed by atoms with E-state index >= 15 is 0 Å². The molecule has 3 heterocycles. The summed E-state index contributed by atoms with van der Waals surface area (Å²) in [5.41, 5.74) is 2.96. The second-order valence-corrected chi connectivity index (χ2v) is 10.2. The van der Waals surface area contributed by atoms with Crippen molar-refractivity contribution in [2.45, 2.75) is 44.8 Å². The molecule has 4 amide bonds. The van der Waals surface area contributed by atoms with E-state index < -0.39 is 42.5 Å². The average Bonchev–Trinajstić information content (AvgIpc) is 3.59. The summed E-state index contributed by atoms with van der Waals surface area (Å²) in [5.74, 6) is -2.07. The van der Waals surface area contributed by atoms with Gasteiger partial charge >= 0.3 is 0 Å². The average molecular weight is 558 g/mol. The molecule has 13 heteroatoms. The minimum Gasteiger partial charge on any atom is -0.370 e. The van der Waals surface area contributed by atoms with E-state index in [4.69, 9.17) is 4.74 Å².